The molecule has 0 unspecified atom stereocenters. The molecule has 32 heavy (non-hydrogen) atoms. The fourth-order valence-corrected chi connectivity index (χ4v) is 4.60. The van der Waals surface area contributed by atoms with Gasteiger partial charge in [-0.2, -0.15) is 0 Å². The molecule has 6 nitrogen and oxygen atoms in total. The van der Waals surface area contributed by atoms with E-state index in [-0.39, 0.29) is 24.0 Å². The lowest BCUT2D eigenvalue weighted by molar-refractivity contribution is 0.221. The molecule has 3 rings (SSSR count). The van der Waals surface area contributed by atoms with Crippen molar-refractivity contribution >= 4 is 47.2 Å². The molecule has 2 N–H and O–H groups in total. The van der Waals surface area contributed by atoms with Crippen molar-refractivity contribution in [2.24, 2.45) is 4.99 Å². The van der Waals surface area contributed by atoms with E-state index in [1.807, 2.05) is 19.2 Å². The van der Waals surface area contributed by atoms with E-state index in [2.05, 4.69) is 56.0 Å². The van der Waals surface area contributed by atoms with Crippen LogP contribution in [0.1, 0.15) is 26.2 Å². The fourth-order valence-electron chi connectivity index (χ4n) is 4.42. The van der Waals surface area contributed by atoms with Gasteiger partial charge < -0.3 is 15.5 Å². The zero-order valence-corrected chi connectivity index (χ0v) is 22.7. The Labute approximate surface area is 216 Å². The second kappa shape index (κ2) is 14.3. The first-order valence-corrected chi connectivity index (χ1v) is 12.0. The minimum Gasteiger partial charge on any atom is -0.369 e. The zero-order valence-electron chi connectivity index (χ0n) is 19.7. The molecule has 0 spiro atoms. The average molecular weight is 575 g/mol. The van der Waals surface area contributed by atoms with Crippen LogP contribution in [0.15, 0.2) is 41.4 Å². The number of nitrogens with one attached hydrogen (secondary N) is 2. The Bertz CT molecular complexity index is 727. The molecule has 0 aromatic heterocycles. The van der Waals surface area contributed by atoms with Crippen LogP contribution in [-0.4, -0.2) is 87.8 Å². The second-order valence-corrected chi connectivity index (χ2v) is 9.25. The lowest BCUT2D eigenvalue weighted by Gasteiger charge is -2.36. The highest BCUT2D eigenvalue weighted by molar-refractivity contribution is 14.0. The quantitative estimate of drug-likeness (QED) is 0.163. The highest BCUT2D eigenvalue weighted by atomic mass is 127. The van der Waals surface area contributed by atoms with E-state index in [4.69, 9.17) is 11.6 Å². The summed E-state index contributed by atoms with van der Waals surface area (Å²) >= 11 is 6.14. The summed E-state index contributed by atoms with van der Waals surface area (Å²) in [5.41, 5.74) is 2.48. The topological polar surface area (TPSA) is 46.1 Å². The molecule has 1 aromatic rings. The standard InChI is InChI=1S/C24H39ClN6.HI/c1-20(2)19-30-12-8-22(9-13-30)28-24(26-3)27-10-5-11-29-14-16-31(17-15-29)23-7-4-6-21(25)18-23;/h4,6-7,18,22H,1,5,8-17,19H2,2-3H3,(H2,26,27,28);1H. The van der Waals surface area contributed by atoms with Crippen molar-refractivity contribution in [3.8, 4) is 0 Å². The van der Waals surface area contributed by atoms with Crippen molar-refractivity contribution in [2.45, 2.75) is 32.2 Å². The summed E-state index contributed by atoms with van der Waals surface area (Å²) in [5.74, 6) is 0.934. The number of hydrogen-bond donors (Lipinski definition) is 2. The number of likely N-dealkylation sites (tertiary alicyclic amines) is 1. The van der Waals surface area contributed by atoms with Gasteiger partial charge in [0.05, 0.1) is 0 Å². The Morgan fingerprint density at radius 2 is 1.84 bits per heavy atom. The monoisotopic (exact) mass is 574 g/mol. The lowest BCUT2D eigenvalue weighted by Crippen LogP contribution is -2.49. The Morgan fingerprint density at radius 1 is 1.12 bits per heavy atom. The molecule has 0 atom stereocenters. The Hall–Kier alpha value is -1.03. The average Bonchev–Trinajstić information content (AvgIpc) is 2.77. The van der Waals surface area contributed by atoms with Crippen LogP contribution in [0.25, 0.3) is 0 Å². The van der Waals surface area contributed by atoms with Crippen LogP contribution < -0.4 is 15.5 Å². The normalized spacial score (nSPS) is 18.8. The number of piperidine rings is 1. The Kier molecular flexibility index (Phi) is 12.1. The van der Waals surface area contributed by atoms with Crippen LogP contribution >= 0.6 is 35.6 Å². The first-order valence-electron chi connectivity index (χ1n) is 11.6. The summed E-state index contributed by atoms with van der Waals surface area (Å²) < 4.78 is 0. The van der Waals surface area contributed by atoms with Gasteiger partial charge in [-0.1, -0.05) is 29.8 Å². The Morgan fingerprint density at radius 3 is 2.47 bits per heavy atom. The molecule has 0 amide bonds. The first-order chi connectivity index (χ1) is 15.0. The molecule has 1 aromatic carbocycles. The molecule has 2 fully saturated rings. The molecule has 8 heteroatoms. The second-order valence-electron chi connectivity index (χ2n) is 8.81. The zero-order chi connectivity index (χ0) is 22.1. The van der Waals surface area contributed by atoms with E-state index >= 15 is 0 Å². The number of aliphatic imine (C=N–C) groups is 1. The van der Waals surface area contributed by atoms with E-state index in [0.29, 0.717) is 6.04 Å². The molecule has 0 radical (unpaired) electrons. The number of benzene rings is 1. The molecule has 2 aliphatic heterocycles. The third kappa shape index (κ3) is 9.08. The maximum atomic E-state index is 6.14. The number of guanidine groups is 1. The Balaban J connectivity index is 0.00000363. The van der Waals surface area contributed by atoms with Crippen molar-refractivity contribution in [1.82, 2.24) is 20.4 Å². The summed E-state index contributed by atoms with van der Waals surface area (Å²) in [4.78, 5) is 11.9. The number of hydrogen-bond acceptors (Lipinski definition) is 4. The maximum absolute atomic E-state index is 6.14. The minimum absolute atomic E-state index is 0. The van der Waals surface area contributed by atoms with Gasteiger partial charge in [0.2, 0.25) is 0 Å². The SMILES string of the molecule is C=C(C)CN1CCC(NC(=NC)NCCCN2CCN(c3cccc(Cl)c3)CC2)CC1.I. The smallest absolute Gasteiger partial charge is 0.191 e. The summed E-state index contributed by atoms with van der Waals surface area (Å²) in [6, 6.07) is 8.68. The van der Waals surface area contributed by atoms with Crippen LogP contribution in [0.2, 0.25) is 5.02 Å². The third-order valence-electron chi connectivity index (χ3n) is 6.13. The number of nitrogens with zero attached hydrogens (tertiary/aromatic N) is 4. The highest BCUT2D eigenvalue weighted by Crippen LogP contribution is 2.20. The van der Waals surface area contributed by atoms with Crippen molar-refractivity contribution in [3.63, 3.8) is 0 Å². The van der Waals surface area contributed by atoms with E-state index < -0.39 is 0 Å². The number of piperazine rings is 1. The number of halogens is 2. The third-order valence-corrected chi connectivity index (χ3v) is 6.37. The van der Waals surface area contributed by atoms with Crippen molar-refractivity contribution in [1.29, 1.82) is 0 Å². The largest absolute Gasteiger partial charge is 0.369 e. The molecule has 0 saturated carbocycles. The molecule has 2 saturated heterocycles. The maximum Gasteiger partial charge on any atom is 0.191 e. The van der Waals surface area contributed by atoms with E-state index in [9.17, 15) is 0 Å². The van der Waals surface area contributed by atoms with Gasteiger partial charge in [0, 0.05) is 76.2 Å². The van der Waals surface area contributed by atoms with Gasteiger partial charge in [-0.25, -0.2) is 0 Å². The van der Waals surface area contributed by atoms with Crippen molar-refractivity contribution < 1.29 is 0 Å². The minimum atomic E-state index is 0. The number of anilines is 1. The van der Waals surface area contributed by atoms with Gasteiger partial charge in [-0.05, 0) is 50.9 Å². The van der Waals surface area contributed by atoms with Gasteiger partial charge in [-0.3, -0.25) is 14.8 Å². The molecular formula is C24H40ClIN6. The summed E-state index contributed by atoms with van der Waals surface area (Å²) in [6.07, 6.45) is 3.44. The van der Waals surface area contributed by atoms with Crippen LogP contribution in [-0.2, 0) is 0 Å². The molecule has 2 aliphatic rings. The summed E-state index contributed by atoms with van der Waals surface area (Å²) in [7, 11) is 1.86. The number of rotatable bonds is 8. The van der Waals surface area contributed by atoms with Crippen LogP contribution in [0.3, 0.4) is 0 Å². The van der Waals surface area contributed by atoms with Crippen molar-refractivity contribution in [3.05, 3.63) is 41.4 Å². The highest BCUT2D eigenvalue weighted by Gasteiger charge is 2.20. The van der Waals surface area contributed by atoms with Gasteiger partial charge in [-0.15, -0.1) is 24.0 Å². The van der Waals surface area contributed by atoms with Gasteiger partial charge in [0.1, 0.15) is 0 Å². The molecule has 180 valence electrons. The summed E-state index contributed by atoms with van der Waals surface area (Å²) in [6.45, 7) is 15.8. The molecule has 0 bridgehead atoms. The predicted octanol–water partition coefficient (Wildman–Crippen LogP) is 3.68. The van der Waals surface area contributed by atoms with Gasteiger partial charge in [0.15, 0.2) is 5.96 Å². The van der Waals surface area contributed by atoms with E-state index in [1.165, 1.54) is 11.3 Å². The fraction of sp³-hybridized carbons (Fsp3) is 0.625. The van der Waals surface area contributed by atoms with Crippen molar-refractivity contribution in [2.75, 3.05) is 70.9 Å². The first kappa shape index (κ1) is 27.2. The van der Waals surface area contributed by atoms with Gasteiger partial charge >= 0.3 is 0 Å². The molecule has 2 heterocycles. The van der Waals surface area contributed by atoms with Crippen LogP contribution in [0.5, 0.6) is 0 Å². The van der Waals surface area contributed by atoms with E-state index in [0.717, 1.165) is 89.1 Å². The summed E-state index contributed by atoms with van der Waals surface area (Å²) in [5, 5.41) is 7.92. The molecule has 0 aliphatic carbocycles. The lowest BCUT2D eigenvalue weighted by atomic mass is 10.0. The van der Waals surface area contributed by atoms with Crippen LogP contribution in [0, 0.1) is 0 Å². The van der Waals surface area contributed by atoms with E-state index in [1.54, 1.807) is 0 Å². The predicted molar refractivity (Wildman–Crippen MR) is 149 cm³/mol. The van der Waals surface area contributed by atoms with Crippen LogP contribution in [0.4, 0.5) is 5.69 Å². The molecular weight excluding hydrogens is 535 g/mol. The van der Waals surface area contributed by atoms with Gasteiger partial charge in [0.25, 0.3) is 0 Å².